The largest absolute Gasteiger partial charge is 0.212 e. The fourth-order valence-corrected chi connectivity index (χ4v) is 3.68. The third kappa shape index (κ3) is 4.45. The van der Waals surface area contributed by atoms with Gasteiger partial charge in [-0.25, -0.2) is 4.57 Å². The summed E-state index contributed by atoms with van der Waals surface area (Å²) in [6.07, 6.45) is 3.51. The van der Waals surface area contributed by atoms with E-state index in [0.717, 1.165) is 6.42 Å². The van der Waals surface area contributed by atoms with Gasteiger partial charge in [-0.15, -0.1) is 0 Å². The summed E-state index contributed by atoms with van der Waals surface area (Å²) in [6.45, 7) is 23.1. The maximum absolute atomic E-state index is 2.44. The molecule has 27 heavy (non-hydrogen) atoms. The van der Waals surface area contributed by atoms with Crippen LogP contribution < -0.4 is 4.57 Å². The molecule has 0 saturated carbocycles. The van der Waals surface area contributed by atoms with E-state index in [2.05, 4.69) is 111 Å². The Morgan fingerprint density at radius 1 is 0.815 bits per heavy atom. The third-order valence-electron chi connectivity index (χ3n) is 6.06. The summed E-state index contributed by atoms with van der Waals surface area (Å²) in [4.78, 5) is 0. The molecule has 1 heterocycles. The highest BCUT2D eigenvalue weighted by Gasteiger charge is 2.32. The molecule has 0 atom stereocenters. The number of benzene rings is 1. The molecule has 0 fully saturated rings. The number of nitrogens with zero attached hydrogens (tertiary/aromatic N) is 1. The maximum Gasteiger partial charge on any atom is 0.212 e. The lowest BCUT2D eigenvalue weighted by Crippen LogP contribution is -2.36. The second-order valence-corrected chi connectivity index (χ2v) is 10.9. The van der Waals surface area contributed by atoms with E-state index in [4.69, 9.17) is 0 Å². The molecule has 0 radical (unpaired) electrons. The van der Waals surface area contributed by atoms with Crippen LogP contribution in [0.15, 0.2) is 30.5 Å². The summed E-state index contributed by atoms with van der Waals surface area (Å²) >= 11 is 0. The smallest absolute Gasteiger partial charge is 0.201 e. The van der Waals surface area contributed by atoms with Crippen molar-refractivity contribution in [2.45, 2.75) is 91.9 Å². The van der Waals surface area contributed by atoms with Gasteiger partial charge in [-0.05, 0) is 52.3 Å². The Hall–Kier alpha value is -1.63. The van der Waals surface area contributed by atoms with Gasteiger partial charge in [0.05, 0.1) is 0 Å². The molecule has 2 rings (SSSR count). The molecule has 0 N–H and O–H groups in total. The van der Waals surface area contributed by atoms with E-state index in [1.165, 1.54) is 33.5 Å². The van der Waals surface area contributed by atoms with Crippen LogP contribution in [0.3, 0.4) is 0 Å². The minimum atomic E-state index is 0.115. The van der Waals surface area contributed by atoms with Crippen molar-refractivity contribution < 1.29 is 4.57 Å². The van der Waals surface area contributed by atoms with E-state index >= 15 is 0 Å². The highest BCUT2D eigenvalue weighted by atomic mass is 14.9. The Labute approximate surface area is 167 Å². The van der Waals surface area contributed by atoms with Gasteiger partial charge in [0.25, 0.3) is 0 Å². The molecule has 0 saturated heterocycles. The number of hydrogen-bond donors (Lipinski definition) is 0. The molecule has 1 aromatic heterocycles. The van der Waals surface area contributed by atoms with E-state index in [1.807, 2.05) is 0 Å². The van der Waals surface area contributed by atoms with Crippen molar-refractivity contribution in [3.8, 4) is 11.3 Å². The van der Waals surface area contributed by atoms with E-state index in [0.29, 0.717) is 0 Å². The van der Waals surface area contributed by atoms with Crippen molar-refractivity contribution in [1.82, 2.24) is 0 Å². The van der Waals surface area contributed by atoms with Gasteiger partial charge in [-0.1, -0.05) is 74.4 Å². The molecule has 0 aliphatic heterocycles. The SMILES string of the molecule is CCC(C)(C)c1c[n+](C)c(-c2ccc(C(C)(C)C)cc2C)cc1C(C)(C)C. The number of pyridine rings is 1. The first-order valence-corrected chi connectivity index (χ1v) is 10.3. The van der Waals surface area contributed by atoms with Crippen LogP contribution in [-0.4, -0.2) is 0 Å². The van der Waals surface area contributed by atoms with E-state index < -0.39 is 0 Å². The fourth-order valence-electron chi connectivity index (χ4n) is 3.68. The van der Waals surface area contributed by atoms with Gasteiger partial charge in [-0.3, -0.25) is 0 Å². The van der Waals surface area contributed by atoms with E-state index in [1.54, 1.807) is 0 Å². The minimum Gasteiger partial charge on any atom is -0.201 e. The first-order valence-electron chi connectivity index (χ1n) is 10.3. The van der Waals surface area contributed by atoms with Crippen molar-refractivity contribution in [3.63, 3.8) is 0 Å². The predicted molar refractivity (Wildman–Crippen MR) is 119 cm³/mol. The minimum absolute atomic E-state index is 0.115. The molecular formula is C26H40N+. The zero-order chi connectivity index (χ0) is 20.8. The average Bonchev–Trinajstić information content (AvgIpc) is 2.53. The zero-order valence-corrected chi connectivity index (χ0v) is 19.5. The first kappa shape index (κ1) is 21.7. The van der Waals surface area contributed by atoms with Gasteiger partial charge >= 0.3 is 0 Å². The number of aryl methyl sites for hydroxylation is 2. The fraction of sp³-hybridized carbons (Fsp3) is 0.577. The Bertz CT molecular complexity index is 827. The van der Waals surface area contributed by atoms with Gasteiger partial charge in [0, 0.05) is 17.2 Å². The summed E-state index contributed by atoms with van der Waals surface area (Å²) in [7, 11) is 2.19. The first-order chi connectivity index (χ1) is 12.2. The Morgan fingerprint density at radius 3 is 1.85 bits per heavy atom. The average molecular weight is 367 g/mol. The monoisotopic (exact) mass is 366 g/mol. The quantitative estimate of drug-likeness (QED) is 0.528. The van der Waals surface area contributed by atoms with Gasteiger partial charge in [0.2, 0.25) is 5.69 Å². The van der Waals surface area contributed by atoms with Crippen LogP contribution in [0.5, 0.6) is 0 Å². The molecule has 2 aromatic rings. The van der Waals surface area contributed by atoms with Crippen LogP contribution in [0.4, 0.5) is 0 Å². The van der Waals surface area contributed by atoms with Crippen molar-refractivity contribution in [3.05, 3.63) is 52.7 Å². The molecular weight excluding hydrogens is 326 g/mol. The van der Waals surface area contributed by atoms with Gasteiger partial charge in [0.1, 0.15) is 7.05 Å². The topological polar surface area (TPSA) is 3.88 Å². The molecule has 0 spiro atoms. The van der Waals surface area contributed by atoms with Crippen LogP contribution in [0, 0.1) is 6.92 Å². The Balaban J connectivity index is 2.73. The second kappa shape index (κ2) is 7.08. The Morgan fingerprint density at radius 2 is 1.41 bits per heavy atom. The normalized spacial score (nSPS) is 13.1. The number of rotatable bonds is 3. The molecule has 148 valence electrons. The summed E-state index contributed by atoms with van der Waals surface area (Å²) in [5.41, 5.74) is 8.76. The van der Waals surface area contributed by atoms with Crippen molar-refractivity contribution in [1.29, 1.82) is 0 Å². The number of hydrogen-bond acceptors (Lipinski definition) is 0. The van der Waals surface area contributed by atoms with Gasteiger partial charge in [0.15, 0.2) is 6.20 Å². The van der Waals surface area contributed by atoms with E-state index in [-0.39, 0.29) is 16.2 Å². The maximum atomic E-state index is 2.44. The van der Waals surface area contributed by atoms with Gasteiger partial charge in [-0.2, -0.15) is 0 Å². The highest BCUT2D eigenvalue weighted by molar-refractivity contribution is 5.63. The third-order valence-corrected chi connectivity index (χ3v) is 6.06. The standard InChI is InChI=1S/C26H40N/c1-12-26(9,10)22-17-27(11)23(16-21(22)25(6,7)8)20-14-13-19(15-18(20)2)24(3,4)5/h13-17H,12H2,1-11H3/q+1. The molecule has 0 bridgehead atoms. The van der Waals surface area contributed by atoms with E-state index in [9.17, 15) is 0 Å². The molecule has 0 aliphatic rings. The molecule has 0 amide bonds. The van der Waals surface area contributed by atoms with Crippen molar-refractivity contribution in [2.24, 2.45) is 7.05 Å². The summed E-state index contributed by atoms with van der Waals surface area (Å²) in [5.74, 6) is 0. The molecule has 0 aliphatic carbocycles. The lowest BCUT2D eigenvalue weighted by atomic mass is 9.73. The molecule has 0 unspecified atom stereocenters. The Kier molecular flexibility index (Phi) is 5.68. The van der Waals surface area contributed by atoms with Gasteiger partial charge < -0.3 is 0 Å². The van der Waals surface area contributed by atoms with Crippen LogP contribution in [0.25, 0.3) is 11.3 Å². The van der Waals surface area contributed by atoms with Crippen LogP contribution in [0.2, 0.25) is 0 Å². The second-order valence-electron chi connectivity index (χ2n) is 10.9. The summed E-state index contributed by atoms with van der Waals surface area (Å²) in [6, 6.07) is 9.40. The number of aromatic nitrogens is 1. The van der Waals surface area contributed by atoms with Crippen LogP contribution in [0.1, 0.15) is 91.0 Å². The lowest BCUT2D eigenvalue weighted by Gasteiger charge is -2.31. The highest BCUT2D eigenvalue weighted by Crippen LogP contribution is 2.37. The van der Waals surface area contributed by atoms with Crippen LogP contribution in [-0.2, 0) is 23.3 Å². The molecule has 1 heteroatoms. The predicted octanol–water partition coefficient (Wildman–Crippen LogP) is 6.77. The zero-order valence-electron chi connectivity index (χ0n) is 19.5. The lowest BCUT2D eigenvalue weighted by molar-refractivity contribution is -0.661. The van der Waals surface area contributed by atoms with Crippen LogP contribution >= 0.6 is 0 Å². The summed E-state index contributed by atoms with van der Waals surface area (Å²) in [5, 5.41) is 0. The van der Waals surface area contributed by atoms with Crippen molar-refractivity contribution >= 4 is 0 Å². The molecule has 1 nitrogen and oxygen atoms in total. The summed E-state index contributed by atoms with van der Waals surface area (Å²) < 4.78 is 2.32. The van der Waals surface area contributed by atoms with Crippen molar-refractivity contribution in [2.75, 3.05) is 0 Å². The molecule has 1 aromatic carbocycles.